The van der Waals surface area contributed by atoms with Gasteiger partial charge in [-0.25, -0.2) is 4.79 Å². The highest BCUT2D eigenvalue weighted by Crippen LogP contribution is 2.20. The third kappa shape index (κ3) is 5.35. The van der Waals surface area contributed by atoms with Gasteiger partial charge >= 0.3 is 5.76 Å². The molecule has 0 fully saturated rings. The molecule has 0 spiro atoms. The van der Waals surface area contributed by atoms with Crippen molar-refractivity contribution in [2.24, 2.45) is 0 Å². The van der Waals surface area contributed by atoms with E-state index in [1.54, 1.807) is 24.3 Å². The lowest BCUT2D eigenvalue weighted by Crippen LogP contribution is -2.28. The summed E-state index contributed by atoms with van der Waals surface area (Å²) >= 11 is 5.79. The van der Waals surface area contributed by atoms with Crippen LogP contribution in [0, 0.1) is 10.1 Å². The molecule has 29 heavy (non-hydrogen) atoms. The molecule has 1 heterocycles. The van der Waals surface area contributed by atoms with E-state index in [4.69, 9.17) is 20.8 Å². The lowest BCUT2D eigenvalue weighted by atomic mass is 10.2. The van der Waals surface area contributed by atoms with Gasteiger partial charge in [-0.15, -0.1) is 0 Å². The van der Waals surface area contributed by atoms with Gasteiger partial charge in [0.2, 0.25) is 5.91 Å². The van der Waals surface area contributed by atoms with Gasteiger partial charge in [-0.2, -0.15) is 0 Å². The molecule has 0 aliphatic heterocycles. The second kappa shape index (κ2) is 9.24. The number of benzene rings is 2. The zero-order valence-corrected chi connectivity index (χ0v) is 16.1. The van der Waals surface area contributed by atoms with Crippen LogP contribution >= 0.6 is 11.6 Å². The van der Waals surface area contributed by atoms with E-state index in [1.165, 1.54) is 22.8 Å². The van der Waals surface area contributed by atoms with Crippen LogP contribution in [0.2, 0.25) is 5.02 Å². The van der Waals surface area contributed by atoms with Gasteiger partial charge in [0, 0.05) is 24.1 Å². The summed E-state index contributed by atoms with van der Waals surface area (Å²) in [5, 5.41) is 14.2. The smallest absolute Gasteiger partial charge is 0.419 e. The maximum atomic E-state index is 12.0. The largest absolute Gasteiger partial charge is 0.492 e. The van der Waals surface area contributed by atoms with Gasteiger partial charge < -0.3 is 14.5 Å². The first-order chi connectivity index (χ1) is 13.9. The number of carbonyl (C=O) groups excluding carboxylic acids is 1. The standard InChI is InChI=1S/C19H18ClN3O6/c20-13-3-6-15(7-4-13)28-11-9-21-18(24)2-1-10-22-16-8-5-14(23(26)27)12-17(16)29-19(22)25/h3-8,12H,1-2,9-11H2,(H,21,24). The van der Waals surface area contributed by atoms with Crippen molar-refractivity contribution in [3.05, 3.63) is 68.2 Å². The van der Waals surface area contributed by atoms with Crippen molar-refractivity contribution >= 4 is 34.3 Å². The number of non-ortho nitro benzene ring substituents is 1. The molecule has 3 rings (SSSR count). The third-order valence-electron chi connectivity index (χ3n) is 4.15. The van der Waals surface area contributed by atoms with E-state index in [9.17, 15) is 19.7 Å². The minimum atomic E-state index is -0.614. The van der Waals surface area contributed by atoms with Crippen LogP contribution in [0.5, 0.6) is 5.75 Å². The molecule has 0 unspecified atom stereocenters. The normalized spacial score (nSPS) is 10.8. The Kier molecular flexibility index (Phi) is 6.50. The zero-order valence-electron chi connectivity index (χ0n) is 15.3. The van der Waals surface area contributed by atoms with E-state index in [0.29, 0.717) is 35.9 Å². The fourth-order valence-corrected chi connectivity index (χ4v) is 2.88. The summed E-state index contributed by atoms with van der Waals surface area (Å²) in [6, 6.07) is 10.9. The topological polar surface area (TPSA) is 117 Å². The number of nitrogens with zero attached hydrogens (tertiary/aromatic N) is 2. The van der Waals surface area contributed by atoms with Gasteiger partial charge in [-0.1, -0.05) is 11.6 Å². The summed E-state index contributed by atoms with van der Waals surface area (Å²) in [4.78, 5) is 34.1. The predicted molar refractivity (Wildman–Crippen MR) is 106 cm³/mol. The fraction of sp³-hybridized carbons (Fsp3) is 0.263. The van der Waals surface area contributed by atoms with E-state index in [1.807, 2.05) is 0 Å². The Balaban J connectivity index is 1.44. The number of nitro benzene ring substituents is 1. The van der Waals surface area contributed by atoms with Crippen LogP contribution in [-0.2, 0) is 11.3 Å². The summed E-state index contributed by atoms with van der Waals surface area (Å²) in [5.41, 5.74) is 0.448. The Morgan fingerprint density at radius 1 is 1.24 bits per heavy atom. The summed E-state index contributed by atoms with van der Waals surface area (Å²) in [5.74, 6) is -0.117. The quantitative estimate of drug-likeness (QED) is 0.323. The highest BCUT2D eigenvalue weighted by atomic mass is 35.5. The van der Waals surface area contributed by atoms with Crippen molar-refractivity contribution in [2.45, 2.75) is 19.4 Å². The number of aryl methyl sites for hydroxylation is 1. The van der Waals surface area contributed by atoms with Crippen LogP contribution < -0.4 is 15.8 Å². The summed E-state index contributed by atoms with van der Waals surface area (Å²) < 4.78 is 11.9. The summed E-state index contributed by atoms with van der Waals surface area (Å²) in [7, 11) is 0. The number of fused-ring (bicyclic) bond motifs is 1. The van der Waals surface area contributed by atoms with Gasteiger partial charge in [0.25, 0.3) is 5.69 Å². The molecule has 1 N–H and O–H groups in total. The van der Waals surface area contributed by atoms with E-state index < -0.39 is 10.7 Å². The van der Waals surface area contributed by atoms with Crippen molar-refractivity contribution in [3.63, 3.8) is 0 Å². The third-order valence-corrected chi connectivity index (χ3v) is 4.41. The molecule has 0 bridgehead atoms. The second-order valence-corrected chi connectivity index (χ2v) is 6.62. The van der Waals surface area contributed by atoms with Crippen LogP contribution in [0.4, 0.5) is 5.69 Å². The molecular formula is C19H18ClN3O6. The van der Waals surface area contributed by atoms with E-state index in [0.717, 1.165) is 0 Å². The molecule has 2 aromatic carbocycles. The summed E-state index contributed by atoms with van der Waals surface area (Å²) in [6.07, 6.45) is 0.627. The first kappa shape index (κ1) is 20.4. The summed E-state index contributed by atoms with van der Waals surface area (Å²) in [6.45, 7) is 0.927. The van der Waals surface area contributed by atoms with Crippen molar-refractivity contribution in [1.82, 2.24) is 9.88 Å². The number of hydrogen-bond donors (Lipinski definition) is 1. The number of amides is 1. The number of nitro groups is 1. The number of carbonyl (C=O) groups is 1. The monoisotopic (exact) mass is 419 g/mol. The van der Waals surface area contributed by atoms with Crippen LogP contribution in [0.15, 0.2) is 51.7 Å². The molecule has 0 atom stereocenters. The van der Waals surface area contributed by atoms with Gasteiger partial charge in [0.05, 0.1) is 23.1 Å². The maximum Gasteiger partial charge on any atom is 0.419 e. The lowest BCUT2D eigenvalue weighted by Gasteiger charge is -2.08. The van der Waals surface area contributed by atoms with Gasteiger partial charge in [0.15, 0.2) is 5.58 Å². The highest BCUT2D eigenvalue weighted by molar-refractivity contribution is 6.30. The Morgan fingerprint density at radius 3 is 2.72 bits per heavy atom. The number of oxazole rings is 1. The average molecular weight is 420 g/mol. The molecule has 0 aliphatic rings. The molecule has 9 nitrogen and oxygen atoms in total. The molecule has 1 aromatic heterocycles. The molecule has 3 aromatic rings. The average Bonchev–Trinajstić information content (AvgIpc) is 3.01. The number of halogens is 1. The highest BCUT2D eigenvalue weighted by Gasteiger charge is 2.14. The van der Waals surface area contributed by atoms with Crippen LogP contribution in [-0.4, -0.2) is 28.5 Å². The zero-order chi connectivity index (χ0) is 20.8. The number of nitrogens with one attached hydrogen (secondary N) is 1. The van der Waals surface area contributed by atoms with Gasteiger partial charge in [-0.05, 0) is 36.8 Å². The maximum absolute atomic E-state index is 12.0. The second-order valence-electron chi connectivity index (χ2n) is 6.18. The minimum Gasteiger partial charge on any atom is -0.492 e. The lowest BCUT2D eigenvalue weighted by molar-refractivity contribution is -0.384. The van der Waals surface area contributed by atoms with Crippen molar-refractivity contribution in [3.8, 4) is 5.75 Å². The van der Waals surface area contributed by atoms with Crippen LogP contribution in [0.25, 0.3) is 11.1 Å². The molecule has 10 heteroatoms. The first-order valence-corrected chi connectivity index (χ1v) is 9.24. The Labute approximate surface area is 170 Å². The fourth-order valence-electron chi connectivity index (χ4n) is 2.76. The first-order valence-electron chi connectivity index (χ1n) is 8.87. The van der Waals surface area contributed by atoms with Crippen molar-refractivity contribution in [2.75, 3.05) is 13.2 Å². The Bertz CT molecular complexity index is 1070. The van der Waals surface area contributed by atoms with Gasteiger partial charge in [-0.3, -0.25) is 19.5 Å². The van der Waals surface area contributed by atoms with E-state index in [-0.39, 0.29) is 30.1 Å². The van der Waals surface area contributed by atoms with E-state index >= 15 is 0 Å². The minimum absolute atomic E-state index is 0.146. The number of ether oxygens (including phenoxy) is 1. The SMILES string of the molecule is O=C(CCCn1c(=O)oc2cc([N+](=O)[O-])ccc21)NCCOc1ccc(Cl)cc1. The van der Waals surface area contributed by atoms with Crippen molar-refractivity contribution in [1.29, 1.82) is 0 Å². The van der Waals surface area contributed by atoms with Crippen molar-refractivity contribution < 1.29 is 18.9 Å². The van der Waals surface area contributed by atoms with Crippen LogP contribution in [0.3, 0.4) is 0 Å². The predicted octanol–water partition coefficient (Wildman–Crippen LogP) is 3.13. The molecular weight excluding hydrogens is 402 g/mol. The molecule has 0 saturated heterocycles. The number of hydrogen-bond acceptors (Lipinski definition) is 6. The number of rotatable bonds is 9. The molecule has 0 radical (unpaired) electrons. The Morgan fingerprint density at radius 2 is 2.00 bits per heavy atom. The Hall–Kier alpha value is -3.33. The molecule has 152 valence electrons. The van der Waals surface area contributed by atoms with E-state index in [2.05, 4.69) is 5.32 Å². The molecule has 1 amide bonds. The molecule has 0 saturated carbocycles. The van der Waals surface area contributed by atoms with Gasteiger partial charge in [0.1, 0.15) is 12.4 Å². The molecule has 0 aliphatic carbocycles. The number of aromatic nitrogens is 1. The van der Waals surface area contributed by atoms with Crippen LogP contribution in [0.1, 0.15) is 12.8 Å².